The third-order valence-corrected chi connectivity index (χ3v) is 3.95. The average molecular weight is 268 g/mol. The first kappa shape index (κ1) is 13.9. The van der Waals surface area contributed by atoms with Crippen LogP contribution in [0.15, 0.2) is 24.3 Å². The molecule has 2 rings (SSSR count). The Labute approximate surface area is 115 Å². The number of aliphatic hydroxyl groups is 1. The third-order valence-electron chi connectivity index (χ3n) is 3.70. The maximum atomic E-state index is 10.6. The summed E-state index contributed by atoms with van der Waals surface area (Å²) in [6.45, 7) is 4.79. The van der Waals surface area contributed by atoms with Gasteiger partial charge in [0.15, 0.2) is 0 Å². The van der Waals surface area contributed by atoms with Crippen molar-refractivity contribution in [3.05, 3.63) is 34.9 Å². The van der Waals surface area contributed by atoms with Crippen LogP contribution in [0.2, 0.25) is 5.02 Å². The van der Waals surface area contributed by atoms with Gasteiger partial charge in [-0.15, -0.1) is 0 Å². The van der Waals surface area contributed by atoms with Gasteiger partial charge in [0.05, 0.1) is 5.60 Å². The predicted molar refractivity (Wildman–Crippen MR) is 75.9 cm³/mol. The van der Waals surface area contributed by atoms with Gasteiger partial charge < -0.3 is 10.0 Å². The highest BCUT2D eigenvalue weighted by Crippen LogP contribution is 2.24. The summed E-state index contributed by atoms with van der Waals surface area (Å²) in [5, 5.41) is 11.3. The van der Waals surface area contributed by atoms with Crippen molar-refractivity contribution >= 4 is 11.6 Å². The molecular weight excluding hydrogens is 246 g/mol. The normalized spacial score (nSPS) is 21.3. The van der Waals surface area contributed by atoms with E-state index >= 15 is 0 Å². The molecule has 1 aliphatic rings. The van der Waals surface area contributed by atoms with E-state index in [9.17, 15) is 5.11 Å². The average Bonchev–Trinajstić information content (AvgIpc) is 2.57. The summed E-state index contributed by atoms with van der Waals surface area (Å²) in [5.41, 5.74) is 0.144. The molecule has 1 unspecified atom stereocenters. The summed E-state index contributed by atoms with van der Waals surface area (Å²) in [6.07, 6.45) is 5.13. The molecule has 1 aromatic carbocycles. The summed E-state index contributed by atoms with van der Waals surface area (Å²) in [7, 11) is 0. The molecule has 0 saturated carbocycles. The Kier molecular flexibility index (Phi) is 4.66. The topological polar surface area (TPSA) is 23.5 Å². The fraction of sp³-hybridized carbons (Fsp3) is 0.600. The number of likely N-dealkylation sites (tertiary alicyclic amines) is 1. The third kappa shape index (κ3) is 3.71. The van der Waals surface area contributed by atoms with Crippen molar-refractivity contribution in [1.82, 2.24) is 4.90 Å². The summed E-state index contributed by atoms with van der Waals surface area (Å²) in [5.74, 6) is 0. The number of hydrogen-bond acceptors (Lipinski definition) is 2. The number of benzene rings is 1. The van der Waals surface area contributed by atoms with Crippen LogP contribution in [0, 0.1) is 0 Å². The molecule has 1 saturated heterocycles. The van der Waals surface area contributed by atoms with Gasteiger partial charge in [0.2, 0.25) is 0 Å². The SMILES string of the molecule is CC(O)(CN1CCCCCC1)c1ccc(Cl)cc1. The fourth-order valence-corrected chi connectivity index (χ4v) is 2.76. The van der Waals surface area contributed by atoms with Crippen molar-refractivity contribution < 1.29 is 5.11 Å². The van der Waals surface area contributed by atoms with Crippen LogP contribution < -0.4 is 0 Å². The molecule has 18 heavy (non-hydrogen) atoms. The number of rotatable bonds is 3. The van der Waals surface area contributed by atoms with Gasteiger partial charge in [0.1, 0.15) is 0 Å². The zero-order chi connectivity index (χ0) is 13.0. The van der Waals surface area contributed by atoms with E-state index in [0.29, 0.717) is 11.6 Å². The Bertz CT molecular complexity index is 367. The van der Waals surface area contributed by atoms with Crippen LogP contribution in [0.25, 0.3) is 0 Å². The highest BCUT2D eigenvalue weighted by molar-refractivity contribution is 6.30. The maximum Gasteiger partial charge on any atom is 0.0994 e. The summed E-state index contributed by atoms with van der Waals surface area (Å²) in [4.78, 5) is 2.38. The zero-order valence-corrected chi connectivity index (χ0v) is 11.8. The van der Waals surface area contributed by atoms with E-state index in [2.05, 4.69) is 4.90 Å². The first-order chi connectivity index (χ1) is 8.58. The van der Waals surface area contributed by atoms with Crippen molar-refractivity contribution in [3.8, 4) is 0 Å². The summed E-state index contributed by atoms with van der Waals surface area (Å²) < 4.78 is 0. The quantitative estimate of drug-likeness (QED) is 0.907. The second-order valence-corrected chi connectivity index (χ2v) is 5.91. The lowest BCUT2D eigenvalue weighted by molar-refractivity contribution is 0.0168. The zero-order valence-electron chi connectivity index (χ0n) is 11.0. The lowest BCUT2D eigenvalue weighted by Crippen LogP contribution is -2.39. The standard InChI is InChI=1S/C15H22ClNO/c1-15(18,13-6-8-14(16)9-7-13)12-17-10-4-2-3-5-11-17/h6-9,18H,2-5,10-12H2,1H3. The molecule has 0 radical (unpaired) electrons. The van der Waals surface area contributed by atoms with Crippen LogP contribution in [-0.4, -0.2) is 29.6 Å². The van der Waals surface area contributed by atoms with Crippen LogP contribution in [-0.2, 0) is 5.60 Å². The minimum Gasteiger partial charge on any atom is -0.384 e. The van der Waals surface area contributed by atoms with Gasteiger partial charge in [-0.3, -0.25) is 0 Å². The molecule has 1 aromatic rings. The van der Waals surface area contributed by atoms with Gasteiger partial charge in [-0.05, 0) is 50.6 Å². The van der Waals surface area contributed by atoms with Gasteiger partial charge in [0, 0.05) is 11.6 Å². The van der Waals surface area contributed by atoms with E-state index in [1.807, 2.05) is 31.2 Å². The molecule has 100 valence electrons. The van der Waals surface area contributed by atoms with Crippen LogP contribution in [0.1, 0.15) is 38.2 Å². The monoisotopic (exact) mass is 267 g/mol. The Morgan fingerprint density at radius 3 is 2.22 bits per heavy atom. The summed E-state index contributed by atoms with van der Waals surface area (Å²) >= 11 is 5.88. The van der Waals surface area contributed by atoms with E-state index in [0.717, 1.165) is 18.7 Å². The number of β-amino-alcohol motifs (C(OH)–C–C–N with tert-alkyl or cyclic N) is 1. The second kappa shape index (κ2) is 6.05. The largest absolute Gasteiger partial charge is 0.384 e. The van der Waals surface area contributed by atoms with E-state index in [1.165, 1.54) is 25.7 Å². The molecular formula is C15H22ClNO. The van der Waals surface area contributed by atoms with Crippen LogP contribution >= 0.6 is 11.6 Å². The van der Waals surface area contributed by atoms with Crippen LogP contribution in [0.5, 0.6) is 0 Å². The molecule has 1 atom stereocenters. The first-order valence-corrected chi connectivity index (χ1v) is 7.16. The Morgan fingerprint density at radius 1 is 1.11 bits per heavy atom. The van der Waals surface area contributed by atoms with E-state index in [4.69, 9.17) is 11.6 Å². The number of halogens is 1. The molecule has 1 N–H and O–H groups in total. The minimum absolute atomic E-state index is 0.703. The molecule has 0 aromatic heterocycles. The van der Waals surface area contributed by atoms with Crippen molar-refractivity contribution in [2.75, 3.05) is 19.6 Å². The first-order valence-electron chi connectivity index (χ1n) is 6.79. The number of nitrogens with zero attached hydrogens (tertiary/aromatic N) is 1. The van der Waals surface area contributed by atoms with Gasteiger partial charge in [-0.1, -0.05) is 36.6 Å². The Hall–Kier alpha value is -0.570. The highest BCUT2D eigenvalue weighted by atomic mass is 35.5. The smallest absolute Gasteiger partial charge is 0.0994 e. The maximum absolute atomic E-state index is 10.6. The molecule has 3 heteroatoms. The molecule has 0 aliphatic carbocycles. The van der Waals surface area contributed by atoms with Crippen molar-refractivity contribution in [2.45, 2.75) is 38.2 Å². The van der Waals surface area contributed by atoms with Gasteiger partial charge >= 0.3 is 0 Å². The minimum atomic E-state index is -0.797. The van der Waals surface area contributed by atoms with Gasteiger partial charge in [-0.2, -0.15) is 0 Å². The molecule has 0 bridgehead atoms. The molecule has 0 amide bonds. The van der Waals surface area contributed by atoms with Gasteiger partial charge in [0.25, 0.3) is 0 Å². The highest BCUT2D eigenvalue weighted by Gasteiger charge is 2.26. The fourth-order valence-electron chi connectivity index (χ4n) is 2.63. The van der Waals surface area contributed by atoms with E-state index in [-0.39, 0.29) is 0 Å². The second-order valence-electron chi connectivity index (χ2n) is 5.47. The van der Waals surface area contributed by atoms with Crippen LogP contribution in [0.3, 0.4) is 0 Å². The summed E-state index contributed by atoms with van der Waals surface area (Å²) in [6, 6.07) is 7.52. The molecule has 1 aliphatic heterocycles. The predicted octanol–water partition coefficient (Wildman–Crippen LogP) is 3.42. The van der Waals surface area contributed by atoms with Crippen LogP contribution in [0.4, 0.5) is 0 Å². The lowest BCUT2D eigenvalue weighted by atomic mass is 9.95. The molecule has 2 nitrogen and oxygen atoms in total. The van der Waals surface area contributed by atoms with Crippen molar-refractivity contribution in [3.63, 3.8) is 0 Å². The Morgan fingerprint density at radius 2 is 1.67 bits per heavy atom. The molecule has 0 spiro atoms. The van der Waals surface area contributed by atoms with E-state index < -0.39 is 5.60 Å². The molecule has 1 heterocycles. The van der Waals surface area contributed by atoms with Gasteiger partial charge in [-0.25, -0.2) is 0 Å². The molecule has 1 fully saturated rings. The number of hydrogen-bond donors (Lipinski definition) is 1. The van der Waals surface area contributed by atoms with E-state index in [1.54, 1.807) is 0 Å². The van der Waals surface area contributed by atoms with Crippen molar-refractivity contribution in [2.24, 2.45) is 0 Å². The van der Waals surface area contributed by atoms with Crippen molar-refractivity contribution in [1.29, 1.82) is 0 Å². The Balaban J connectivity index is 2.03. The lowest BCUT2D eigenvalue weighted by Gasteiger charge is -2.31.